The topological polar surface area (TPSA) is 112 Å². The second-order valence-corrected chi connectivity index (χ2v) is 6.65. The Bertz CT molecular complexity index is 906. The molecule has 0 saturated heterocycles. The number of hydrogen-bond donors (Lipinski definition) is 3. The van der Waals surface area contributed by atoms with Gasteiger partial charge in [-0.3, -0.25) is 9.59 Å². The summed E-state index contributed by atoms with van der Waals surface area (Å²) in [4.78, 5) is 27.5. The number of hydrogen-bond acceptors (Lipinski definition) is 4. The van der Waals surface area contributed by atoms with Crippen molar-refractivity contribution in [3.63, 3.8) is 0 Å². The number of aryl methyl sites for hydroxylation is 1. The van der Waals surface area contributed by atoms with E-state index in [0.717, 1.165) is 12.8 Å². The molecule has 7 nitrogen and oxygen atoms in total. The summed E-state index contributed by atoms with van der Waals surface area (Å²) in [6.45, 7) is 1.64. The zero-order chi connectivity index (χ0) is 14.5. The Balaban J connectivity index is 2.21. The van der Waals surface area contributed by atoms with Gasteiger partial charge in [0, 0.05) is 6.04 Å². The summed E-state index contributed by atoms with van der Waals surface area (Å²) in [6, 6.07) is 2.91. The van der Waals surface area contributed by atoms with Gasteiger partial charge >= 0.3 is 11.1 Å². The Morgan fingerprint density at radius 2 is 1.65 bits per heavy atom. The molecule has 20 heavy (non-hydrogen) atoms. The Kier molecular flexibility index (Phi) is 2.80. The monoisotopic (exact) mass is 295 g/mol. The summed E-state index contributed by atoms with van der Waals surface area (Å²) < 4.78 is 27.0. The van der Waals surface area contributed by atoms with Crippen molar-refractivity contribution in [1.29, 1.82) is 0 Å². The smallest absolute Gasteiger partial charge is 0.314 e. The van der Waals surface area contributed by atoms with Crippen LogP contribution in [0.5, 0.6) is 0 Å². The van der Waals surface area contributed by atoms with Crippen molar-refractivity contribution in [2.24, 2.45) is 0 Å². The van der Waals surface area contributed by atoms with Gasteiger partial charge < -0.3 is 9.97 Å². The highest BCUT2D eigenvalue weighted by Crippen LogP contribution is 2.25. The summed E-state index contributed by atoms with van der Waals surface area (Å²) in [6.07, 6.45) is 1.69. The number of benzene rings is 1. The fourth-order valence-electron chi connectivity index (χ4n) is 2.03. The third kappa shape index (κ3) is 2.27. The maximum atomic E-state index is 12.2. The van der Waals surface area contributed by atoms with Crippen LogP contribution in [-0.4, -0.2) is 24.4 Å². The minimum atomic E-state index is -3.61. The van der Waals surface area contributed by atoms with Gasteiger partial charge in [0.25, 0.3) is 0 Å². The van der Waals surface area contributed by atoms with E-state index in [1.807, 2.05) is 0 Å². The van der Waals surface area contributed by atoms with Crippen LogP contribution in [0.25, 0.3) is 11.0 Å². The number of aromatic amines is 2. The molecule has 1 aromatic carbocycles. The second-order valence-electron chi connectivity index (χ2n) is 4.97. The largest absolute Gasteiger partial charge is 0.316 e. The number of sulfonamides is 1. The molecule has 1 saturated carbocycles. The lowest BCUT2D eigenvalue weighted by atomic mass is 10.2. The summed E-state index contributed by atoms with van der Waals surface area (Å²) in [5.74, 6) is 0. The van der Waals surface area contributed by atoms with Gasteiger partial charge in [-0.2, -0.15) is 0 Å². The maximum Gasteiger partial charge on any atom is 0.314 e. The Labute approximate surface area is 114 Å². The highest BCUT2D eigenvalue weighted by Gasteiger charge is 2.29. The van der Waals surface area contributed by atoms with Crippen LogP contribution in [0.1, 0.15) is 18.4 Å². The van der Waals surface area contributed by atoms with Crippen LogP contribution in [0.3, 0.4) is 0 Å². The van der Waals surface area contributed by atoms with Crippen LogP contribution in [0.15, 0.2) is 26.6 Å². The summed E-state index contributed by atoms with van der Waals surface area (Å²) in [7, 11) is -3.61. The highest BCUT2D eigenvalue weighted by molar-refractivity contribution is 7.89. The molecule has 0 aliphatic heterocycles. The minimum Gasteiger partial charge on any atom is -0.316 e. The van der Waals surface area contributed by atoms with Crippen molar-refractivity contribution in [1.82, 2.24) is 14.7 Å². The van der Waals surface area contributed by atoms with Crippen molar-refractivity contribution >= 4 is 21.1 Å². The lowest BCUT2D eigenvalue weighted by Gasteiger charge is -2.09. The molecule has 0 amide bonds. The van der Waals surface area contributed by atoms with Crippen LogP contribution in [0.2, 0.25) is 0 Å². The molecule has 0 atom stereocenters. The first kappa shape index (κ1) is 13.1. The molecule has 106 valence electrons. The first-order chi connectivity index (χ1) is 9.37. The molecule has 1 aliphatic carbocycles. The van der Waals surface area contributed by atoms with E-state index in [4.69, 9.17) is 0 Å². The van der Waals surface area contributed by atoms with Crippen molar-refractivity contribution in [2.45, 2.75) is 30.7 Å². The fraction of sp³-hybridized carbons (Fsp3) is 0.333. The lowest BCUT2D eigenvalue weighted by Crippen LogP contribution is -2.29. The molecule has 1 fully saturated rings. The molecule has 8 heteroatoms. The number of nitrogens with one attached hydrogen (secondary N) is 3. The van der Waals surface area contributed by atoms with Crippen molar-refractivity contribution in [2.75, 3.05) is 0 Å². The van der Waals surface area contributed by atoms with E-state index in [2.05, 4.69) is 14.7 Å². The van der Waals surface area contributed by atoms with E-state index in [-0.39, 0.29) is 16.5 Å². The SMILES string of the molecule is Cc1cc2[nH]c(=O)c(=O)[nH]c2cc1S(=O)(=O)NC1CC1. The predicted octanol–water partition coefficient (Wildman–Crippen LogP) is -0.0345. The van der Waals surface area contributed by atoms with E-state index in [1.54, 1.807) is 6.92 Å². The summed E-state index contributed by atoms with van der Waals surface area (Å²) >= 11 is 0. The zero-order valence-corrected chi connectivity index (χ0v) is 11.5. The van der Waals surface area contributed by atoms with Gasteiger partial charge in [-0.25, -0.2) is 13.1 Å². The number of fused-ring (bicyclic) bond motifs is 1. The van der Waals surface area contributed by atoms with Gasteiger partial charge in [-0.1, -0.05) is 0 Å². The Hall–Kier alpha value is -1.93. The van der Waals surface area contributed by atoms with E-state index in [1.165, 1.54) is 12.1 Å². The van der Waals surface area contributed by atoms with Crippen LogP contribution in [0.4, 0.5) is 0 Å². The average Bonchev–Trinajstić information content (AvgIpc) is 3.13. The normalized spacial score (nSPS) is 15.7. The van der Waals surface area contributed by atoms with Gasteiger partial charge in [0.15, 0.2) is 0 Å². The molecular formula is C12H13N3O4S. The fourth-order valence-corrected chi connectivity index (χ4v) is 3.58. The molecule has 2 aromatic rings. The van der Waals surface area contributed by atoms with E-state index >= 15 is 0 Å². The zero-order valence-electron chi connectivity index (χ0n) is 10.7. The lowest BCUT2D eigenvalue weighted by molar-refractivity contribution is 0.580. The van der Waals surface area contributed by atoms with Crippen LogP contribution < -0.4 is 15.8 Å². The molecule has 0 unspecified atom stereocenters. The van der Waals surface area contributed by atoms with Crippen molar-refractivity contribution in [3.8, 4) is 0 Å². The summed E-state index contributed by atoms with van der Waals surface area (Å²) in [5.41, 5.74) is -0.370. The first-order valence-electron chi connectivity index (χ1n) is 6.16. The highest BCUT2D eigenvalue weighted by atomic mass is 32.2. The molecule has 1 aromatic heterocycles. The van der Waals surface area contributed by atoms with Gasteiger partial charge in [0.2, 0.25) is 10.0 Å². The first-order valence-corrected chi connectivity index (χ1v) is 7.64. The van der Waals surface area contributed by atoms with Crippen LogP contribution in [0, 0.1) is 6.92 Å². The van der Waals surface area contributed by atoms with E-state index in [9.17, 15) is 18.0 Å². The molecule has 0 spiro atoms. The third-order valence-electron chi connectivity index (χ3n) is 3.21. The molecular weight excluding hydrogens is 282 g/mol. The van der Waals surface area contributed by atoms with Crippen LogP contribution >= 0.6 is 0 Å². The quantitative estimate of drug-likeness (QED) is 0.690. The summed E-state index contributed by atoms with van der Waals surface area (Å²) in [5, 5.41) is 0. The Morgan fingerprint density at radius 1 is 1.10 bits per heavy atom. The van der Waals surface area contributed by atoms with Crippen molar-refractivity contribution < 1.29 is 8.42 Å². The molecule has 1 heterocycles. The van der Waals surface area contributed by atoms with Crippen LogP contribution in [-0.2, 0) is 10.0 Å². The molecule has 3 N–H and O–H groups in total. The van der Waals surface area contributed by atoms with E-state index < -0.39 is 21.1 Å². The standard InChI is InChI=1S/C12H13N3O4S/c1-6-4-8-9(14-12(17)11(16)13-8)5-10(6)20(18,19)15-7-2-3-7/h4-5,7,15H,2-3H2,1H3,(H,13,16)(H,14,17). The molecule has 3 rings (SSSR count). The van der Waals surface area contributed by atoms with Gasteiger partial charge in [-0.15, -0.1) is 0 Å². The molecule has 0 radical (unpaired) electrons. The molecule has 1 aliphatic rings. The van der Waals surface area contributed by atoms with Gasteiger partial charge in [-0.05, 0) is 37.5 Å². The maximum absolute atomic E-state index is 12.2. The Morgan fingerprint density at radius 3 is 2.20 bits per heavy atom. The average molecular weight is 295 g/mol. The third-order valence-corrected chi connectivity index (χ3v) is 4.87. The number of H-pyrrole nitrogens is 2. The van der Waals surface area contributed by atoms with Gasteiger partial charge in [0.1, 0.15) is 0 Å². The van der Waals surface area contributed by atoms with Crippen molar-refractivity contribution in [3.05, 3.63) is 38.4 Å². The number of rotatable bonds is 3. The van der Waals surface area contributed by atoms with E-state index in [0.29, 0.717) is 11.1 Å². The second kappa shape index (κ2) is 4.29. The predicted molar refractivity (Wildman–Crippen MR) is 73.3 cm³/mol. The van der Waals surface area contributed by atoms with Gasteiger partial charge in [0.05, 0.1) is 15.9 Å². The number of aromatic nitrogens is 2. The minimum absolute atomic E-state index is 0.00438. The molecule has 0 bridgehead atoms.